The Labute approximate surface area is 126 Å². The third kappa shape index (κ3) is 3.16. The molecule has 0 bridgehead atoms. The number of fused-ring (bicyclic) bond motifs is 1. The van der Waals surface area contributed by atoms with Crippen LogP contribution in [0, 0.1) is 12.8 Å². The minimum Gasteiger partial charge on any atom is -0.461 e. The average molecular weight is 285 g/mol. The van der Waals surface area contributed by atoms with E-state index in [0.717, 1.165) is 43.2 Å². The zero-order chi connectivity index (χ0) is 14.7. The zero-order valence-corrected chi connectivity index (χ0v) is 12.9. The van der Waals surface area contributed by atoms with E-state index < -0.39 is 0 Å². The molecule has 2 aromatic heterocycles. The quantitative estimate of drug-likeness (QED) is 0.857. The highest BCUT2D eigenvalue weighted by molar-refractivity contribution is 5.48. The molecule has 0 amide bonds. The van der Waals surface area contributed by atoms with Crippen molar-refractivity contribution in [2.45, 2.75) is 39.5 Å². The summed E-state index contributed by atoms with van der Waals surface area (Å²) in [5.74, 6) is 2.19. The van der Waals surface area contributed by atoms with Crippen LogP contribution in [0.1, 0.15) is 36.7 Å². The SMILES string of the molecule is CCCNCC1CCc2nc(-c3ccco3)nc(C)c2C1. The van der Waals surface area contributed by atoms with Crippen LogP contribution in [0.2, 0.25) is 0 Å². The van der Waals surface area contributed by atoms with Crippen LogP contribution < -0.4 is 5.32 Å². The fourth-order valence-electron chi connectivity index (χ4n) is 3.03. The zero-order valence-electron chi connectivity index (χ0n) is 12.9. The first kappa shape index (κ1) is 14.3. The van der Waals surface area contributed by atoms with Gasteiger partial charge in [0.15, 0.2) is 11.6 Å². The van der Waals surface area contributed by atoms with Crippen molar-refractivity contribution in [3.8, 4) is 11.6 Å². The van der Waals surface area contributed by atoms with Crippen molar-refractivity contribution in [1.29, 1.82) is 0 Å². The monoisotopic (exact) mass is 285 g/mol. The molecule has 1 N–H and O–H groups in total. The van der Waals surface area contributed by atoms with E-state index in [0.29, 0.717) is 5.92 Å². The number of hydrogen-bond acceptors (Lipinski definition) is 4. The molecular weight excluding hydrogens is 262 g/mol. The van der Waals surface area contributed by atoms with E-state index in [9.17, 15) is 0 Å². The smallest absolute Gasteiger partial charge is 0.196 e. The molecule has 0 aromatic carbocycles. The van der Waals surface area contributed by atoms with E-state index in [4.69, 9.17) is 9.40 Å². The molecule has 2 aromatic rings. The van der Waals surface area contributed by atoms with Crippen molar-refractivity contribution in [3.05, 3.63) is 35.3 Å². The van der Waals surface area contributed by atoms with Gasteiger partial charge in [0.25, 0.3) is 0 Å². The summed E-state index contributed by atoms with van der Waals surface area (Å²) in [5.41, 5.74) is 3.66. The van der Waals surface area contributed by atoms with E-state index in [1.54, 1.807) is 6.26 Å². The van der Waals surface area contributed by atoms with Gasteiger partial charge in [-0.1, -0.05) is 6.92 Å². The maximum absolute atomic E-state index is 5.42. The van der Waals surface area contributed by atoms with Crippen molar-refractivity contribution < 1.29 is 4.42 Å². The molecule has 4 heteroatoms. The third-order valence-corrected chi connectivity index (χ3v) is 4.18. The lowest BCUT2D eigenvalue weighted by atomic mass is 9.85. The Morgan fingerprint density at radius 1 is 1.38 bits per heavy atom. The van der Waals surface area contributed by atoms with E-state index in [2.05, 4.69) is 24.1 Å². The molecule has 1 atom stereocenters. The standard InChI is InChI=1S/C17H23N3O/c1-3-8-18-11-13-6-7-15-14(10-13)12(2)19-17(20-15)16-5-4-9-21-16/h4-5,9,13,18H,3,6-8,10-11H2,1-2H3. The number of aryl methyl sites for hydroxylation is 2. The Morgan fingerprint density at radius 2 is 2.29 bits per heavy atom. The normalized spacial score (nSPS) is 17.7. The van der Waals surface area contributed by atoms with E-state index >= 15 is 0 Å². The second-order valence-electron chi connectivity index (χ2n) is 5.85. The summed E-state index contributed by atoms with van der Waals surface area (Å²) >= 11 is 0. The van der Waals surface area contributed by atoms with Gasteiger partial charge in [0.1, 0.15) is 0 Å². The number of hydrogen-bond donors (Lipinski definition) is 1. The molecule has 1 aliphatic carbocycles. The Morgan fingerprint density at radius 3 is 3.05 bits per heavy atom. The summed E-state index contributed by atoms with van der Waals surface area (Å²) in [6.45, 7) is 6.51. The Hall–Kier alpha value is -1.68. The summed E-state index contributed by atoms with van der Waals surface area (Å²) in [7, 11) is 0. The van der Waals surface area contributed by atoms with Crippen molar-refractivity contribution in [3.63, 3.8) is 0 Å². The van der Waals surface area contributed by atoms with Gasteiger partial charge in [0.2, 0.25) is 0 Å². The predicted molar refractivity (Wildman–Crippen MR) is 83.1 cm³/mol. The predicted octanol–water partition coefficient (Wildman–Crippen LogP) is 3.15. The average Bonchev–Trinajstić information content (AvgIpc) is 3.02. The molecule has 4 nitrogen and oxygen atoms in total. The molecule has 112 valence electrons. The molecule has 3 rings (SSSR count). The highest BCUT2D eigenvalue weighted by atomic mass is 16.3. The molecule has 2 heterocycles. The van der Waals surface area contributed by atoms with Crippen LogP contribution in [-0.2, 0) is 12.8 Å². The topological polar surface area (TPSA) is 51.0 Å². The van der Waals surface area contributed by atoms with Crippen molar-refractivity contribution in [1.82, 2.24) is 15.3 Å². The molecule has 0 aliphatic heterocycles. The van der Waals surface area contributed by atoms with E-state index in [1.165, 1.54) is 24.1 Å². The lowest BCUT2D eigenvalue weighted by Gasteiger charge is -2.25. The molecule has 0 radical (unpaired) electrons. The summed E-state index contributed by atoms with van der Waals surface area (Å²) in [5, 5.41) is 3.53. The molecule has 0 saturated carbocycles. The van der Waals surface area contributed by atoms with Gasteiger partial charge in [-0.25, -0.2) is 9.97 Å². The Balaban J connectivity index is 1.77. The van der Waals surface area contributed by atoms with E-state index in [1.807, 2.05) is 12.1 Å². The van der Waals surface area contributed by atoms with Crippen LogP contribution in [-0.4, -0.2) is 23.1 Å². The minimum atomic E-state index is 0.709. The van der Waals surface area contributed by atoms with Gasteiger partial charge < -0.3 is 9.73 Å². The van der Waals surface area contributed by atoms with Crippen LogP contribution in [0.15, 0.2) is 22.8 Å². The molecular formula is C17H23N3O. The Kier molecular flexibility index (Phi) is 4.34. The van der Waals surface area contributed by atoms with Gasteiger partial charge in [0.05, 0.1) is 6.26 Å². The highest BCUT2D eigenvalue weighted by Gasteiger charge is 2.23. The second-order valence-corrected chi connectivity index (χ2v) is 5.85. The molecule has 0 fully saturated rings. The molecule has 0 saturated heterocycles. The fourth-order valence-corrected chi connectivity index (χ4v) is 3.03. The van der Waals surface area contributed by atoms with Gasteiger partial charge in [0, 0.05) is 11.4 Å². The maximum Gasteiger partial charge on any atom is 0.196 e. The first-order valence-electron chi connectivity index (χ1n) is 7.89. The Bertz CT molecular complexity index is 592. The van der Waals surface area contributed by atoms with Crippen molar-refractivity contribution >= 4 is 0 Å². The lowest BCUT2D eigenvalue weighted by molar-refractivity contribution is 0.418. The van der Waals surface area contributed by atoms with Crippen LogP contribution >= 0.6 is 0 Å². The summed E-state index contributed by atoms with van der Waals surface area (Å²) in [6.07, 6.45) is 6.21. The minimum absolute atomic E-state index is 0.709. The maximum atomic E-state index is 5.42. The molecule has 1 unspecified atom stereocenters. The number of rotatable bonds is 5. The summed E-state index contributed by atoms with van der Waals surface area (Å²) < 4.78 is 5.42. The van der Waals surface area contributed by atoms with E-state index in [-0.39, 0.29) is 0 Å². The van der Waals surface area contributed by atoms with Gasteiger partial charge in [-0.05, 0) is 69.3 Å². The third-order valence-electron chi connectivity index (χ3n) is 4.18. The van der Waals surface area contributed by atoms with Gasteiger partial charge >= 0.3 is 0 Å². The van der Waals surface area contributed by atoms with Gasteiger partial charge in [-0.15, -0.1) is 0 Å². The van der Waals surface area contributed by atoms with Gasteiger partial charge in [-0.2, -0.15) is 0 Å². The number of furan rings is 1. The first-order valence-corrected chi connectivity index (χ1v) is 7.89. The molecule has 21 heavy (non-hydrogen) atoms. The fraction of sp³-hybridized carbons (Fsp3) is 0.529. The largest absolute Gasteiger partial charge is 0.461 e. The molecule has 0 spiro atoms. The first-order chi connectivity index (χ1) is 10.3. The van der Waals surface area contributed by atoms with Gasteiger partial charge in [-0.3, -0.25) is 0 Å². The van der Waals surface area contributed by atoms with Crippen LogP contribution in [0.5, 0.6) is 0 Å². The summed E-state index contributed by atoms with van der Waals surface area (Å²) in [4.78, 5) is 9.36. The lowest BCUT2D eigenvalue weighted by Crippen LogP contribution is -2.29. The molecule has 1 aliphatic rings. The van der Waals surface area contributed by atoms with Crippen molar-refractivity contribution in [2.75, 3.05) is 13.1 Å². The number of nitrogens with zero attached hydrogens (tertiary/aromatic N) is 2. The van der Waals surface area contributed by atoms with Crippen LogP contribution in [0.25, 0.3) is 11.6 Å². The van der Waals surface area contributed by atoms with Crippen LogP contribution in [0.4, 0.5) is 0 Å². The van der Waals surface area contributed by atoms with Crippen LogP contribution in [0.3, 0.4) is 0 Å². The highest BCUT2D eigenvalue weighted by Crippen LogP contribution is 2.28. The summed E-state index contributed by atoms with van der Waals surface area (Å²) in [6, 6.07) is 3.80. The second kappa shape index (κ2) is 6.39. The number of aromatic nitrogens is 2. The number of nitrogens with one attached hydrogen (secondary N) is 1. The van der Waals surface area contributed by atoms with Crippen molar-refractivity contribution in [2.24, 2.45) is 5.92 Å².